The van der Waals surface area contributed by atoms with Crippen LogP contribution < -0.4 is 20.9 Å². The van der Waals surface area contributed by atoms with Crippen LogP contribution in [-0.4, -0.2) is 77.9 Å². The lowest BCUT2D eigenvalue weighted by molar-refractivity contribution is 0.183. The minimum absolute atomic E-state index is 0.0656. The molecule has 9 heteroatoms. The molecule has 1 saturated heterocycles. The van der Waals surface area contributed by atoms with Gasteiger partial charge in [0, 0.05) is 68.5 Å². The molecular formula is C27H38N8O. The molecule has 0 spiro atoms. The van der Waals surface area contributed by atoms with Gasteiger partial charge in [0.25, 0.3) is 0 Å². The van der Waals surface area contributed by atoms with E-state index < -0.39 is 5.41 Å². The summed E-state index contributed by atoms with van der Waals surface area (Å²) in [5.74, 6) is 1.73. The SMILES string of the molecule is Cc1cc(Nc2ncc([C@@](C)(CO)C(C)N(C)c3cccc(N)n3)cn2)ccc1N1CCN(C)CC1. The molecule has 0 bridgehead atoms. The zero-order chi connectivity index (χ0) is 25.9. The number of piperazine rings is 1. The molecule has 4 rings (SSSR count). The molecule has 0 aliphatic carbocycles. The Morgan fingerprint density at radius 2 is 1.83 bits per heavy atom. The van der Waals surface area contributed by atoms with Crippen molar-refractivity contribution in [3.63, 3.8) is 0 Å². The second kappa shape index (κ2) is 10.7. The summed E-state index contributed by atoms with van der Waals surface area (Å²) in [4.78, 5) is 20.4. The molecule has 0 saturated carbocycles. The third kappa shape index (κ3) is 5.37. The lowest BCUT2D eigenvalue weighted by Gasteiger charge is -2.40. The van der Waals surface area contributed by atoms with Gasteiger partial charge in [0.2, 0.25) is 5.95 Å². The highest BCUT2D eigenvalue weighted by Crippen LogP contribution is 2.32. The van der Waals surface area contributed by atoms with Crippen LogP contribution in [0.5, 0.6) is 0 Å². The fraction of sp³-hybridized carbons (Fsp3) is 0.444. The lowest BCUT2D eigenvalue weighted by atomic mass is 9.78. The number of aromatic nitrogens is 3. The van der Waals surface area contributed by atoms with E-state index in [-0.39, 0.29) is 12.6 Å². The summed E-state index contributed by atoms with van der Waals surface area (Å²) in [6.45, 7) is 10.4. The fourth-order valence-electron chi connectivity index (χ4n) is 4.68. The minimum atomic E-state index is -0.611. The first-order chi connectivity index (χ1) is 17.2. The van der Waals surface area contributed by atoms with Crippen LogP contribution in [0.2, 0.25) is 0 Å². The van der Waals surface area contributed by atoms with Gasteiger partial charge in [-0.3, -0.25) is 0 Å². The normalized spacial score (nSPS) is 16.9. The van der Waals surface area contributed by atoms with Crippen LogP contribution in [0.4, 0.5) is 29.0 Å². The van der Waals surface area contributed by atoms with Gasteiger partial charge in [-0.05, 0) is 62.4 Å². The fourth-order valence-corrected chi connectivity index (χ4v) is 4.68. The molecule has 1 fully saturated rings. The van der Waals surface area contributed by atoms with Gasteiger partial charge in [-0.25, -0.2) is 15.0 Å². The molecule has 1 aromatic carbocycles. The number of pyridine rings is 1. The average Bonchev–Trinajstić information content (AvgIpc) is 2.88. The molecule has 1 aliphatic heterocycles. The van der Waals surface area contributed by atoms with Crippen molar-refractivity contribution in [2.24, 2.45) is 0 Å². The van der Waals surface area contributed by atoms with E-state index >= 15 is 0 Å². The van der Waals surface area contributed by atoms with E-state index in [4.69, 9.17) is 5.73 Å². The topological polar surface area (TPSA) is 107 Å². The van der Waals surface area contributed by atoms with Gasteiger partial charge in [-0.2, -0.15) is 0 Å². The molecule has 1 unspecified atom stereocenters. The Labute approximate surface area is 214 Å². The Morgan fingerprint density at radius 3 is 2.44 bits per heavy atom. The number of hydrogen-bond acceptors (Lipinski definition) is 9. The van der Waals surface area contributed by atoms with E-state index in [2.05, 4.69) is 69.2 Å². The number of nitrogens with one attached hydrogen (secondary N) is 1. The first kappa shape index (κ1) is 25.7. The Balaban J connectivity index is 1.47. The van der Waals surface area contributed by atoms with Crippen molar-refractivity contribution >= 4 is 29.0 Å². The third-order valence-corrected chi connectivity index (χ3v) is 7.56. The number of aliphatic hydroxyl groups excluding tert-OH is 1. The van der Waals surface area contributed by atoms with E-state index in [1.165, 1.54) is 11.3 Å². The molecule has 9 nitrogen and oxygen atoms in total. The van der Waals surface area contributed by atoms with E-state index in [9.17, 15) is 5.11 Å². The van der Waals surface area contributed by atoms with Crippen LogP contribution in [0.3, 0.4) is 0 Å². The minimum Gasteiger partial charge on any atom is -0.395 e. The van der Waals surface area contributed by atoms with E-state index in [1.54, 1.807) is 18.5 Å². The first-order valence-corrected chi connectivity index (χ1v) is 12.4. The number of aryl methyl sites for hydroxylation is 1. The maximum absolute atomic E-state index is 10.4. The Bertz CT molecular complexity index is 1160. The van der Waals surface area contributed by atoms with E-state index in [0.29, 0.717) is 11.8 Å². The van der Waals surface area contributed by atoms with Crippen molar-refractivity contribution in [3.8, 4) is 0 Å². The molecule has 2 aromatic heterocycles. The smallest absolute Gasteiger partial charge is 0.227 e. The molecule has 0 amide bonds. The summed E-state index contributed by atoms with van der Waals surface area (Å²) in [6.07, 6.45) is 3.57. The van der Waals surface area contributed by atoms with Crippen LogP contribution in [0, 0.1) is 6.92 Å². The monoisotopic (exact) mass is 490 g/mol. The molecule has 0 radical (unpaired) electrons. The number of benzene rings is 1. The second-order valence-electron chi connectivity index (χ2n) is 10.00. The largest absolute Gasteiger partial charge is 0.395 e. The van der Waals surface area contributed by atoms with Gasteiger partial charge in [-0.1, -0.05) is 13.0 Å². The lowest BCUT2D eigenvalue weighted by Crippen LogP contribution is -2.48. The van der Waals surface area contributed by atoms with Gasteiger partial charge < -0.3 is 30.9 Å². The summed E-state index contributed by atoms with van der Waals surface area (Å²) in [6, 6.07) is 11.8. The molecular weight excluding hydrogens is 452 g/mol. The number of nitrogens with two attached hydrogens (primary N) is 1. The van der Waals surface area contributed by atoms with Crippen molar-refractivity contribution in [1.29, 1.82) is 0 Å². The van der Waals surface area contributed by atoms with E-state index in [0.717, 1.165) is 43.2 Å². The molecule has 36 heavy (non-hydrogen) atoms. The zero-order valence-electron chi connectivity index (χ0n) is 21.9. The molecule has 192 valence electrons. The van der Waals surface area contributed by atoms with Crippen LogP contribution >= 0.6 is 0 Å². The van der Waals surface area contributed by atoms with Gasteiger partial charge in [0.1, 0.15) is 11.6 Å². The molecule has 2 atom stereocenters. The van der Waals surface area contributed by atoms with Crippen molar-refractivity contribution in [2.45, 2.75) is 32.2 Å². The van der Waals surface area contributed by atoms with Crippen molar-refractivity contribution in [3.05, 3.63) is 59.9 Å². The Kier molecular flexibility index (Phi) is 7.61. The van der Waals surface area contributed by atoms with Gasteiger partial charge >= 0.3 is 0 Å². The van der Waals surface area contributed by atoms with Crippen LogP contribution in [0.15, 0.2) is 48.8 Å². The Hall–Kier alpha value is -3.43. The number of nitrogens with zero attached hydrogens (tertiary/aromatic N) is 6. The summed E-state index contributed by atoms with van der Waals surface area (Å²) in [5, 5.41) is 13.7. The number of hydrogen-bond donors (Lipinski definition) is 3. The van der Waals surface area contributed by atoms with Gasteiger partial charge in [0.05, 0.1) is 6.61 Å². The maximum Gasteiger partial charge on any atom is 0.227 e. The zero-order valence-corrected chi connectivity index (χ0v) is 21.9. The quantitative estimate of drug-likeness (QED) is 0.439. The predicted molar refractivity (Wildman–Crippen MR) is 147 cm³/mol. The highest BCUT2D eigenvalue weighted by Gasteiger charge is 2.36. The number of aliphatic hydroxyl groups is 1. The second-order valence-corrected chi connectivity index (χ2v) is 10.00. The van der Waals surface area contributed by atoms with E-state index in [1.807, 2.05) is 31.0 Å². The number of likely N-dealkylation sites (N-methyl/N-ethyl adjacent to an activating group) is 2. The first-order valence-electron chi connectivity index (χ1n) is 12.4. The predicted octanol–water partition coefficient (Wildman–Crippen LogP) is 3.03. The van der Waals surface area contributed by atoms with Crippen LogP contribution in [-0.2, 0) is 5.41 Å². The summed E-state index contributed by atoms with van der Waals surface area (Å²) < 4.78 is 0. The number of nitrogen functional groups attached to an aromatic ring is 1. The Morgan fingerprint density at radius 1 is 1.14 bits per heavy atom. The van der Waals surface area contributed by atoms with Crippen molar-refractivity contribution < 1.29 is 5.11 Å². The van der Waals surface area contributed by atoms with Crippen molar-refractivity contribution in [2.75, 3.05) is 67.7 Å². The molecule has 1 aliphatic rings. The molecule has 3 aromatic rings. The maximum atomic E-state index is 10.4. The summed E-state index contributed by atoms with van der Waals surface area (Å²) in [5.41, 5.74) is 9.55. The summed E-state index contributed by atoms with van der Waals surface area (Å²) >= 11 is 0. The van der Waals surface area contributed by atoms with Crippen LogP contribution in [0.1, 0.15) is 25.0 Å². The van der Waals surface area contributed by atoms with Crippen LogP contribution in [0.25, 0.3) is 0 Å². The summed E-state index contributed by atoms with van der Waals surface area (Å²) in [7, 11) is 4.12. The molecule has 3 heterocycles. The standard InChI is InChI=1S/C27H38N8O/c1-19-15-22(9-10-23(19)35-13-11-33(4)12-14-35)31-26-29-16-21(17-30-26)27(3,18-36)20(2)34(5)25-8-6-7-24(28)32-25/h6-10,15-17,20,36H,11-14,18H2,1-5H3,(H2,28,32)(H,29,30,31)/t20?,27-/m0/s1. The highest BCUT2D eigenvalue weighted by molar-refractivity contribution is 5.63. The van der Waals surface area contributed by atoms with Crippen molar-refractivity contribution in [1.82, 2.24) is 19.9 Å². The number of rotatable bonds is 8. The van der Waals surface area contributed by atoms with Gasteiger partial charge in [0.15, 0.2) is 0 Å². The molecule has 4 N–H and O–H groups in total. The third-order valence-electron chi connectivity index (χ3n) is 7.56. The average molecular weight is 491 g/mol. The number of anilines is 5. The highest BCUT2D eigenvalue weighted by atomic mass is 16.3. The van der Waals surface area contributed by atoms with Gasteiger partial charge in [-0.15, -0.1) is 0 Å².